The van der Waals surface area contributed by atoms with Gasteiger partial charge in [-0.2, -0.15) is 0 Å². The molecule has 0 saturated carbocycles. The average molecular weight is 1070 g/mol. The molecule has 8 aromatic rings. The van der Waals surface area contributed by atoms with E-state index in [9.17, 15) is 0 Å². The molecular weight excluding hydrogens is 1010 g/mol. The van der Waals surface area contributed by atoms with E-state index in [-0.39, 0.29) is 21.7 Å². The molecule has 0 N–H and O–H groups in total. The van der Waals surface area contributed by atoms with Crippen LogP contribution in [0.15, 0.2) is 124 Å². The van der Waals surface area contributed by atoms with Gasteiger partial charge < -0.3 is 4.90 Å². The van der Waals surface area contributed by atoms with Crippen molar-refractivity contribution in [1.82, 2.24) is 0 Å². The maximum Gasteiger partial charge on any atom is 0.0833 e. The van der Waals surface area contributed by atoms with Crippen LogP contribution < -0.4 is 4.90 Å². The van der Waals surface area contributed by atoms with Crippen molar-refractivity contribution in [2.24, 2.45) is 0 Å². The molecule has 67 heavy (non-hydrogen) atoms. The Morgan fingerprint density at radius 2 is 0.896 bits per heavy atom. The van der Waals surface area contributed by atoms with E-state index in [4.69, 9.17) is 46.4 Å². The van der Waals surface area contributed by atoms with Crippen LogP contribution in [0, 0.1) is 13.8 Å². The number of halogens is 5. The van der Waals surface area contributed by atoms with E-state index in [0.29, 0.717) is 20.1 Å². The number of benzene rings is 6. The van der Waals surface area contributed by atoms with Crippen LogP contribution in [0.3, 0.4) is 0 Å². The lowest BCUT2D eigenvalue weighted by Gasteiger charge is -2.28. The second kappa shape index (κ2) is 21.0. The summed E-state index contributed by atoms with van der Waals surface area (Å²) in [7, 11) is 0. The summed E-state index contributed by atoms with van der Waals surface area (Å²) >= 11 is 32.9. The lowest BCUT2D eigenvalue weighted by molar-refractivity contribution is 0.590. The fourth-order valence-electron chi connectivity index (χ4n) is 7.78. The van der Waals surface area contributed by atoms with Gasteiger partial charge in [-0.25, -0.2) is 0 Å². The highest BCUT2D eigenvalue weighted by atomic mass is 79.9. The van der Waals surface area contributed by atoms with Gasteiger partial charge in [-0.05, 0) is 157 Å². The summed E-state index contributed by atoms with van der Waals surface area (Å²) in [5, 5.41) is 9.36. The second-order valence-corrected chi connectivity index (χ2v) is 25.9. The van der Waals surface area contributed by atoms with E-state index in [1.807, 2.05) is 19.1 Å². The summed E-state index contributed by atoms with van der Waals surface area (Å²) in [4.78, 5) is 2.25. The number of thiophene rings is 2. The van der Waals surface area contributed by atoms with Gasteiger partial charge in [-0.1, -0.05) is 184 Å². The first-order valence-electron chi connectivity index (χ1n) is 22.7. The number of aryl methyl sites for hydroxylation is 2. The maximum absolute atomic E-state index is 6.82. The molecule has 0 fully saturated rings. The monoisotopic (exact) mass is 1070 g/mol. The third kappa shape index (κ3) is 13.1. The highest BCUT2D eigenvalue weighted by Gasteiger charge is 2.24. The molecule has 0 atom stereocenters. The molecule has 6 aromatic carbocycles. The van der Waals surface area contributed by atoms with Gasteiger partial charge in [-0.3, -0.25) is 0 Å². The third-order valence-electron chi connectivity index (χ3n) is 11.9. The summed E-state index contributed by atoms with van der Waals surface area (Å²) in [6, 6.07) is 39.1. The number of fused-ring (bicyclic) bond motifs is 2. The molecule has 0 radical (unpaired) electrons. The lowest BCUT2D eigenvalue weighted by Crippen LogP contribution is -2.14. The topological polar surface area (TPSA) is 3.24 Å². The molecule has 0 unspecified atom stereocenters. The SMILES string of the molecule is CC(C)(C)c1ccc2scc(Br)c2c1.Cc1cc(Cl)c(Cl)c(Cc2ccc(C(C)(C)C)cc2)c1.Cc1cc(Cl)c(Cl)c(N(c2ccc(C(C)(C)C)cc2)c2csc3ccc(C(C)(C)C)cc23)c1. The normalized spacial score (nSPS) is 12.2. The number of rotatable bonds is 5. The molecule has 8 rings (SSSR count). The smallest absolute Gasteiger partial charge is 0.0833 e. The fraction of sp³-hybridized carbons (Fsp3) is 0.322. The largest absolute Gasteiger partial charge is 0.307 e. The molecule has 0 aliphatic carbocycles. The third-order valence-corrected chi connectivity index (χ3v) is 16.4. The van der Waals surface area contributed by atoms with Gasteiger partial charge in [0.25, 0.3) is 0 Å². The van der Waals surface area contributed by atoms with Gasteiger partial charge in [-0.15, -0.1) is 22.7 Å². The van der Waals surface area contributed by atoms with Crippen LogP contribution in [-0.4, -0.2) is 0 Å². The van der Waals surface area contributed by atoms with Crippen molar-refractivity contribution in [2.45, 2.75) is 125 Å². The van der Waals surface area contributed by atoms with Crippen molar-refractivity contribution >= 4 is 122 Å². The molecule has 1 nitrogen and oxygen atoms in total. The molecule has 2 heterocycles. The standard InChI is InChI=1S/C29H31Cl2NS.C18H20Cl2.C12H13BrS/c1-18-14-23(30)27(31)24(15-18)32(21-11-8-19(9-12-21)28(2,3)4)25-17-33-26-13-10-20(16-22(25)26)29(5,6)7;1-12-9-14(17(20)16(19)10-12)11-13-5-7-15(8-6-13)18(2,3)4;1-12(2,3)8-4-5-11-9(6-8)10(13)7-14-11/h8-17H,1-7H3;5-10H,11H2,1-4H3;4-7H,1-3H3. The summed E-state index contributed by atoms with van der Waals surface area (Å²) in [5.74, 6) is 0. The Morgan fingerprint density at radius 1 is 0.463 bits per heavy atom. The first-order valence-corrected chi connectivity index (χ1v) is 26.8. The number of nitrogens with zero attached hydrogens (tertiary/aromatic N) is 1. The van der Waals surface area contributed by atoms with Crippen LogP contribution >= 0.6 is 85.0 Å². The van der Waals surface area contributed by atoms with Crippen LogP contribution in [0.1, 0.15) is 128 Å². The number of hydrogen-bond donors (Lipinski definition) is 0. The van der Waals surface area contributed by atoms with E-state index < -0.39 is 0 Å². The lowest BCUT2D eigenvalue weighted by atomic mass is 9.86. The van der Waals surface area contributed by atoms with Gasteiger partial charge in [0.05, 0.1) is 31.5 Å². The highest BCUT2D eigenvalue weighted by molar-refractivity contribution is 9.10. The maximum atomic E-state index is 6.82. The van der Waals surface area contributed by atoms with Crippen molar-refractivity contribution in [3.63, 3.8) is 0 Å². The minimum absolute atomic E-state index is 0.0663. The molecule has 0 bridgehead atoms. The van der Waals surface area contributed by atoms with E-state index >= 15 is 0 Å². The van der Waals surface area contributed by atoms with Crippen LogP contribution in [-0.2, 0) is 28.1 Å². The average Bonchev–Trinajstić information content (AvgIpc) is 3.83. The fourth-order valence-corrected chi connectivity index (χ4v) is 11.2. The first kappa shape index (κ1) is 53.0. The molecule has 0 aliphatic rings. The Balaban J connectivity index is 0.000000184. The van der Waals surface area contributed by atoms with Gasteiger partial charge >= 0.3 is 0 Å². The summed E-state index contributed by atoms with van der Waals surface area (Å²) in [6.07, 6.45) is 0.810. The van der Waals surface area contributed by atoms with E-state index in [2.05, 4.69) is 219 Å². The van der Waals surface area contributed by atoms with Crippen LogP contribution in [0.5, 0.6) is 0 Å². The summed E-state index contributed by atoms with van der Waals surface area (Å²) < 4.78 is 3.82. The first-order chi connectivity index (χ1) is 31.1. The van der Waals surface area contributed by atoms with Gasteiger partial charge in [0.1, 0.15) is 0 Å². The quantitative estimate of drug-likeness (QED) is 0.166. The Kier molecular flexibility index (Phi) is 16.6. The number of hydrogen-bond acceptors (Lipinski definition) is 3. The van der Waals surface area contributed by atoms with Gasteiger partial charge in [0.15, 0.2) is 0 Å². The van der Waals surface area contributed by atoms with E-state index in [1.54, 1.807) is 22.7 Å². The molecule has 0 spiro atoms. The molecule has 8 heteroatoms. The van der Waals surface area contributed by atoms with E-state index in [0.717, 1.165) is 40.2 Å². The zero-order valence-electron chi connectivity index (χ0n) is 41.4. The Morgan fingerprint density at radius 3 is 1.42 bits per heavy atom. The predicted molar refractivity (Wildman–Crippen MR) is 306 cm³/mol. The molecular formula is C59H64BrCl4NS2. The zero-order chi connectivity index (χ0) is 49.4. The molecule has 352 valence electrons. The Hall–Kier alpha value is -3.32. The minimum atomic E-state index is 0.0663. The van der Waals surface area contributed by atoms with Crippen LogP contribution in [0.4, 0.5) is 17.1 Å². The Bertz CT molecular complexity index is 2990. The number of anilines is 3. The zero-order valence-corrected chi connectivity index (χ0v) is 47.7. The molecule has 0 saturated heterocycles. The predicted octanol–water partition coefficient (Wildman–Crippen LogP) is 21.7. The van der Waals surface area contributed by atoms with Gasteiger partial charge in [0, 0.05) is 41.1 Å². The summed E-state index contributed by atoms with van der Waals surface area (Å²) in [6.45, 7) is 30.9. The van der Waals surface area contributed by atoms with Crippen molar-refractivity contribution in [3.05, 3.63) is 189 Å². The molecule has 0 amide bonds. The highest BCUT2D eigenvalue weighted by Crippen LogP contribution is 2.47. The van der Waals surface area contributed by atoms with Crippen molar-refractivity contribution in [1.29, 1.82) is 0 Å². The van der Waals surface area contributed by atoms with Crippen LogP contribution in [0.2, 0.25) is 20.1 Å². The van der Waals surface area contributed by atoms with E-state index in [1.165, 1.54) is 52.5 Å². The van der Waals surface area contributed by atoms with Crippen molar-refractivity contribution in [3.8, 4) is 0 Å². The Labute approximate surface area is 437 Å². The van der Waals surface area contributed by atoms with Crippen molar-refractivity contribution in [2.75, 3.05) is 4.90 Å². The minimum Gasteiger partial charge on any atom is -0.307 e. The van der Waals surface area contributed by atoms with Crippen LogP contribution in [0.25, 0.3) is 20.2 Å². The molecule has 0 aliphatic heterocycles. The van der Waals surface area contributed by atoms with Gasteiger partial charge in [0.2, 0.25) is 0 Å². The van der Waals surface area contributed by atoms with Crippen molar-refractivity contribution < 1.29 is 0 Å². The summed E-state index contributed by atoms with van der Waals surface area (Å²) in [5.41, 5.74) is 13.5. The molecule has 2 aromatic heterocycles. The second-order valence-electron chi connectivity index (χ2n) is 21.7.